The van der Waals surface area contributed by atoms with Gasteiger partial charge in [-0.15, -0.1) is 0 Å². The Kier molecular flexibility index (Phi) is 7.48. The van der Waals surface area contributed by atoms with Gasteiger partial charge in [0.15, 0.2) is 0 Å². The van der Waals surface area contributed by atoms with Crippen molar-refractivity contribution in [2.24, 2.45) is 5.92 Å². The summed E-state index contributed by atoms with van der Waals surface area (Å²) in [5.41, 5.74) is 1.73. The summed E-state index contributed by atoms with van der Waals surface area (Å²) in [5, 5.41) is 14.7. The number of ether oxygens (including phenoxy) is 1. The third-order valence-corrected chi connectivity index (χ3v) is 7.21. The van der Waals surface area contributed by atoms with E-state index in [1.807, 2.05) is 0 Å². The zero-order valence-electron chi connectivity index (χ0n) is 21.5. The smallest absolute Gasteiger partial charge is 0.263 e. The van der Waals surface area contributed by atoms with Gasteiger partial charge in [-0.25, -0.2) is 23.1 Å². The zero-order chi connectivity index (χ0) is 27.8. The van der Waals surface area contributed by atoms with Crippen molar-refractivity contribution >= 4 is 22.8 Å². The Morgan fingerprint density at radius 3 is 2.67 bits per heavy atom. The van der Waals surface area contributed by atoms with Crippen molar-refractivity contribution in [3.63, 3.8) is 0 Å². The molecule has 2 aliphatic rings. The lowest BCUT2D eigenvalue weighted by molar-refractivity contribution is -0.129. The number of benzene rings is 1. The van der Waals surface area contributed by atoms with E-state index in [-0.39, 0.29) is 29.5 Å². The van der Waals surface area contributed by atoms with Gasteiger partial charge in [0.25, 0.3) is 12.3 Å². The molecule has 0 saturated heterocycles. The van der Waals surface area contributed by atoms with Crippen molar-refractivity contribution in [2.75, 3.05) is 6.61 Å². The minimum Gasteiger partial charge on any atom is -0.493 e. The lowest BCUT2D eigenvalue weighted by atomic mass is 10.0. The normalized spacial score (nSPS) is 21.8. The maximum Gasteiger partial charge on any atom is 0.263 e. The van der Waals surface area contributed by atoms with Crippen LogP contribution in [0, 0.1) is 12.8 Å². The molecule has 3 aromatic rings. The number of halogens is 3. The number of carbonyl (C=O) groups is 2. The van der Waals surface area contributed by atoms with Gasteiger partial charge in [0.2, 0.25) is 5.91 Å². The molecule has 12 heteroatoms. The maximum absolute atomic E-state index is 14.7. The second-order valence-electron chi connectivity index (χ2n) is 10.3. The van der Waals surface area contributed by atoms with E-state index in [4.69, 9.17) is 4.74 Å². The number of aromatic amines is 1. The predicted octanol–water partition coefficient (Wildman–Crippen LogP) is 3.76. The number of nitrogens with zero attached hydrogens (tertiary/aromatic N) is 2. The van der Waals surface area contributed by atoms with Crippen molar-refractivity contribution in [2.45, 2.75) is 70.3 Å². The van der Waals surface area contributed by atoms with Crippen molar-refractivity contribution in [3.8, 4) is 17.0 Å². The fourth-order valence-electron chi connectivity index (χ4n) is 4.91. The molecule has 1 aromatic carbocycles. The van der Waals surface area contributed by atoms with Crippen molar-refractivity contribution in [3.05, 3.63) is 41.3 Å². The highest BCUT2D eigenvalue weighted by atomic mass is 19.3. The molecule has 2 aliphatic carbocycles. The molecule has 0 aliphatic heterocycles. The van der Waals surface area contributed by atoms with Gasteiger partial charge in [0.05, 0.1) is 23.7 Å². The van der Waals surface area contributed by atoms with E-state index in [2.05, 4.69) is 25.6 Å². The fraction of sp³-hybridized carbons (Fsp3) is 0.481. The van der Waals surface area contributed by atoms with E-state index < -0.39 is 42.6 Å². The molecule has 5 rings (SSSR count). The molecule has 2 saturated carbocycles. The molecule has 2 heterocycles. The van der Waals surface area contributed by atoms with Gasteiger partial charge < -0.3 is 25.5 Å². The molecule has 0 radical (unpaired) electrons. The summed E-state index contributed by atoms with van der Waals surface area (Å²) >= 11 is 0. The number of H-pyrrole nitrogens is 1. The van der Waals surface area contributed by atoms with Gasteiger partial charge in [-0.05, 0) is 57.2 Å². The monoisotopic (exact) mass is 545 g/mol. The highest BCUT2D eigenvalue weighted by Crippen LogP contribution is 2.38. The first kappa shape index (κ1) is 26.9. The first-order chi connectivity index (χ1) is 18.6. The van der Waals surface area contributed by atoms with Crippen LogP contribution in [0.2, 0.25) is 0 Å². The lowest BCUT2D eigenvalue weighted by Gasteiger charge is -2.16. The SMILES string of the molecule is Cc1[nH]c2c(-c3cc(C(F)F)ccc3OCC3CC3)ncnc2c1C(=O)N[C@@H]1C[C@H](NC(=O)[C@H](C)O)C[C@H]1F. The Hall–Kier alpha value is -3.67. The number of aryl methyl sites for hydroxylation is 1. The molecule has 0 bridgehead atoms. The summed E-state index contributed by atoms with van der Waals surface area (Å²) in [7, 11) is 0. The Labute approximate surface area is 222 Å². The van der Waals surface area contributed by atoms with E-state index in [1.165, 1.54) is 31.5 Å². The van der Waals surface area contributed by atoms with Crippen molar-refractivity contribution in [1.29, 1.82) is 0 Å². The number of amides is 2. The summed E-state index contributed by atoms with van der Waals surface area (Å²) < 4.78 is 47.8. The second-order valence-corrected chi connectivity index (χ2v) is 10.3. The fourth-order valence-corrected chi connectivity index (χ4v) is 4.91. The number of aromatic nitrogens is 3. The summed E-state index contributed by atoms with van der Waals surface area (Å²) in [4.78, 5) is 36.8. The summed E-state index contributed by atoms with van der Waals surface area (Å²) in [6.07, 6.45) is -1.78. The van der Waals surface area contributed by atoms with Gasteiger partial charge >= 0.3 is 0 Å². The Morgan fingerprint density at radius 2 is 1.97 bits per heavy atom. The first-order valence-electron chi connectivity index (χ1n) is 12.9. The van der Waals surface area contributed by atoms with Crippen LogP contribution in [0.25, 0.3) is 22.3 Å². The molecular formula is C27H30F3N5O4. The molecule has 0 unspecified atom stereocenters. The quantitative estimate of drug-likeness (QED) is 0.324. The van der Waals surface area contributed by atoms with Gasteiger partial charge in [0.1, 0.15) is 35.6 Å². The van der Waals surface area contributed by atoms with E-state index in [0.717, 1.165) is 12.8 Å². The molecule has 2 aromatic heterocycles. The molecule has 39 heavy (non-hydrogen) atoms. The summed E-state index contributed by atoms with van der Waals surface area (Å²) in [5.74, 6) is -0.325. The molecule has 208 valence electrons. The van der Waals surface area contributed by atoms with Crippen LogP contribution in [0.1, 0.15) is 60.6 Å². The Bertz CT molecular complexity index is 1390. The van der Waals surface area contributed by atoms with Crippen LogP contribution in [0.3, 0.4) is 0 Å². The molecule has 2 amide bonds. The maximum atomic E-state index is 14.7. The first-order valence-corrected chi connectivity index (χ1v) is 12.9. The topological polar surface area (TPSA) is 129 Å². The number of rotatable bonds is 9. The highest BCUT2D eigenvalue weighted by molar-refractivity contribution is 6.09. The standard InChI is InChI=1S/C27H30F3N5O4/c1-12-21(27(38)35-19-9-16(8-18(19)28)34-26(37)13(2)36)23-24(33-12)22(31-11-32-23)17-7-15(25(29)30)5-6-20(17)39-10-14-3-4-14/h5-7,11,13-14,16,18-19,25,33,36H,3-4,8-10H2,1-2H3,(H,34,37)(H,35,38)/t13-,16+,18+,19+/m0/s1. The number of hydrogen-bond acceptors (Lipinski definition) is 6. The minimum absolute atomic E-state index is 0.00665. The van der Waals surface area contributed by atoms with Crippen LogP contribution in [0.5, 0.6) is 5.75 Å². The number of fused-ring (bicyclic) bond motifs is 1. The number of aliphatic hydroxyl groups excluding tert-OH is 1. The van der Waals surface area contributed by atoms with E-state index >= 15 is 0 Å². The van der Waals surface area contributed by atoms with Crippen LogP contribution in [-0.4, -0.2) is 62.8 Å². The van der Waals surface area contributed by atoms with E-state index in [1.54, 1.807) is 6.92 Å². The van der Waals surface area contributed by atoms with Gasteiger partial charge in [0, 0.05) is 29.3 Å². The second kappa shape index (κ2) is 10.8. The zero-order valence-corrected chi connectivity index (χ0v) is 21.5. The Morgan fingerprint density at radius 1 is 1.21 bits per heavy atom. The number of hydrogen-bond donors (Lipinski definition) is 4. The number of carbonyl (C=O) groups excluding carboxylic acids is 2. The van der Waals surface area contributed by atoms with Gasteiger partial charge in [-0.1, -0.05) is 0 Å². The number of nitrogens with one attached hydrogen (secondary N) is 3. The predicted molar refractivity (Wildman–Crippen MR) is 136 cm³/mol. The third-order valence-electron chi connectivity index (χ3n) is 7.21. The molecule has 4 atom stereocenters. The van der Waals surface area contributed by atoms with Crippen LogP contribution < -0.4 is 15.4 Å². The minimum atomic E-state index is -2.69. The largest absolute Gasteiger partial charge is 0.493 e. The van der Waals surface area contributed by atoms with Gasteiger partial charge in [-0.2, -0.15) is 0 Å². The van der Waals surface area contributed by atoms with E-state index in [0.29, 0.717) is 40.7 Å². The number of alkyl halides is 3. The van der Waals surface area contributed by atoms with Crippen LogP contribution in [0.15, 0.2) is 24.5 Å². The summed E-state index contributed by atoms with van der Waals surface area (Å²) in [6, 6.07) is 2.78. The number of aliphatic hydroxyl groups is 1. The summed E-state index contributed by atoms with van der Waals surface area (Å²) in [6.45, 7) is 3.45. The molecule has 2 fully saturated rings. The molecule has 0 spiro atoms. The Balaban J connectivity index is 1.43. The molecule has 4 N–H and O–H groups in total. The molecule has 9 nitrogen and oxygen atoms in total. The third kappa shape index (κ3) is 5.70. The lowest BCUT2D eigenvalue weighted by Crippen LogP contribution is -2.41. The average molecular weight is 546 g/mol. The molecular weight excluding hydrogens is 515 g/mol. The van der Waals surface area contributed by atoms with Crippen molar-refractivity contribution < 1.29 is 32.6 Å². The van der Waals surface area contributed by atoms with Crippen LogP contribution in [0.4, 0.5) is 13.2 Å². The van der Waals surface area contributed by atoms with Crippen molar-refractivity contribution in [1.82, 2.24) is 25.6 Å². The van der Waals surface area contributed by atoms with Crippen LogP contribution >= 0.6 is 0 Å². The van der Waals surface area contributed by atoms with Crippen LogP contribution in [-0.2, 0) is 4.79 Å². The highest BCUT2D eigenvalue weighted by Gasteiger charge is 2.37. The van der Waals surface area contributed by atoms with Gasteiger partial charge in [-0.3, -0.25) is 9.59 Å². The average Bonchev–Trinajstić information content (AvgIpc) is 3.57. The van der Waals surface area contributed by atoms with E-state index in [9.17, 15) is 27.9 Å².